The van der Waals surface area contributed by atoms with Crippen molar-refractivity contribution in [3.63, 3.8) is 0 Å². The fourth-order valence-corrected chi connectivity index (χ4v) is 3.78. The van der Waals surface area contributed by atoms with Gasteiger partial charge in [0.2, 0.25) is 0 Å². The molecule has 0 bridgehead atoms. The highest BCUT2D eigenvalue weighted by molar-refractivity contribution is 7.90. The molecule has 20 heavy (non-hydrogen) atoms. The van der Waals surface area contributed by atoms with E-state index < -0.39 is 10.2 Å². The highest BCUT2D eigenvalue weighted by Crippen LogP contribution is 2.23. The first-order valence-corrected chi connectivity index (χ1v) is 8.39. The molecule has 1 fully saturated rings. The molecule has 1 aromatic rings. The van der Waals surface area contributed by atoms with Crippen molar-refractivity contribution < 1.29 is 13.5 Å². The highest BCUT2D eigenvalue weighted by Gasteiger charge is 2.28. The number of rotatable bonds is 4. The Balaban J connectivity index is 2.12. The lowest BCUT2D eigenvalue weighted by Crippen LogP contribution is -2.43. The Morgan fingerprint density at radius 2 is 2.25 bits per heavy atom. The number of hydrogen-bond donors (Lipinski definition) is 2. The summed E-state index contributed by atoms with van der Waals surface area (Å²) < 4.78 is 28.5. The van der Waals surface area contributed by atoms with E-state index in [2.05, 4.69) is 4.72 Å². The molecule has 0 spiro atoms. The van der Waals surface area contributed by atoms with Crippen LogP contribution in [-0.4, -0.2) is 37.5 Å². The van der Waals surface area contributed by atoms with Gasteiger partial charge in [0.25, 0.3) is 0 Å². The van der Waals surface area contributed by atoms with Gasteiger partial charge in [-0.05, 0) is 43.4 Å². The maximum atomic E-state index is 12.3. The first kappa shape index (κ1) is 15.6. The third-order valence-electron chi connectivity index (χ3n) is 3.50. The number of aliphatic hydroxyl groups excluding tert-OH is 1. The molecule has 1 aromatic carbocycles. The van der Waals surface area contributed by atoms with Crippen LogP contribution < -0.4 is 4.72 Å². The highest BCUT2D eigenvalue weighted by atomic mass is 35.5. The van der Waals surface area contributed by atoms with E-state index >= 15 is 0 Å². The molecule has 0 amide bonds. The van der Waals surface area contributed by atoms with E-state index in [1.54, 1.807) is 18.2 Å². The Labute approximate surface area is 124 Å². The van der Waals surface area contributed by atoms with Gasteiger partial charge in [0.15, 0.2) is 0 Å². The largest absolute Gasteiger partial charge is 0.396 e. The van der Waals surface area contributed by atoms with Crippen LogP contribution in [0.2, 0.25) is 5.02 Å². The minimum Gasteiger partial charge on any atom is -0.396 e. The Morgan fingerprint density at radius 1 is 1.50 bits per heavy atom. The molecular formula is C13H19ClN2O3S. The van der Waals surface area contributed by atoms with E-state index in [0.717, 1.165) is 18.4 Å². The average Bonchev–Trinajstić information content (AvgIpc) is 2.43. The minimum absolute atomic E-state index is 0.0157. The summed E-state index contributed by atoms with van der Waals surface area (Å²) >= 11 is 5.99. The van der Waals surface area contributed by atoms with E-state index in [9.17, 15) is 13.5 Å². The molecule has 2 N–H and O–H groups in total. The van der Waals surface area contributed by atoms with Crippen LogP contribution in [0.5, 0.6) is 0 Å². The van der Waals surface area contributed by atoms with Crippen LogP contribution in [0.25, 0.3) is 0 Å². The molecule has 1 unspecified atom stereocenters. The van der Waals surface area contributed by atoms with E-state index in [-0.39, 0.29) is 12.5 Å². The maximum absolute atomic E-state index is 12.3. The van der Waals surface area contributed by atoms with Crippen LogP contribution in [-0.2, 0) is 10.2 Å². The van der Waals surface area contributed by atoms with Crippen LogP contribution in [0.4, 0.5) is 5.69 Å². The van der Waals surface area contributed by atoms with Crippen molar-refractivity contribution >= 4 is 27.5 Å². The van der Waals surface area contributed by atoms with Gasteiger partial charge >= 0.3 is 10.2 Å². The molecule has 1 aliphatic rings. The zero-order valence-corrected chi connectivity index (χ0v) is 12.9. The topological polar surface area (TPSA) is 69.6 Å². The zero-order chi connectivity index (χ0) is 14.8. The van der Waals surface area contributed by atoms with Gasteiger partial charge in [0, 0.05) is 24.7 Å². The van der Waals surface area contributed by atoms with Crippen LogP contribution in [0.15, 0.2) is 18.2 Å². The molecule has 112 valence electrons. The first-order valence-electron chi connectivity index (χ1n) is 6.57. The number of halogens is 1. The standard InChI is InChI=1S/C13H19ClN2O3S/c1-10-4-5-12(7-13(10)14)15-20(18,19)16-6-2-3-11(8-16)9-17/h4-5,7,11,15,17H,2-3,6,8-9H2,1H3. The number of aryl methyl sites for hydroxylation is 1. The molecule has 2 rings (SSSR count). The number of nitrogens with one attached hydrogen (secondary N) is 1. The van der Waals surface area contributed by atoms with Gasteiger partial charge in [0.05, 0.1) is 5.69 Å². The second kappa shape index (κ2) is 6.30. The second-order valence-electron chi connectivity index (χ2n) is 5.12. The fourth-order valence-electron chi connectivity index (χ4n) is 2.26. The fraction of sp³-hybridized carbons (Fsp3) is 0.538. The van der Waals surface area contributed by atoms with Crippen molar-refractivity contribution in [2.24, 2.45) is 5.92 Å². The van der Waals surface area contributed by atoms with Crippen molar-refractivity contribution in [2.45, 2.75) is 19.8 Å². The van der Waals surface area contributed by atoms with Gasteiger partial charge in [-0.25, -0.2) is 0 Å². The van der Waals surface area contributed by atoms with Gasteiger partial charge in [-0.2, -0.15) is 12.7 Å². The molecule has 1 atom stereocenters. The number of anilines is 1. The van der Waals surface area contributed by atoms with Crippen molar-refractivity contribution in [2.75, 3.05) is 24.4 Å². The average molecular weight is 319 g/mol. The third kappa shape index (κ3) is 3.63. The van der Waals surface area contributed by atoms with Gasteiger partial charge in [-0.1, -0.05) is 17.7 Å². The summed E-state index contributed by atoms with van der Waals surface area (Å²) in [6.07, 6.45) is 1.62. The summed E-state index contributed by atoms with van der Waals surface area (Å²) in [5, 5.41) is 9.70. The van der Waals surface area contributed by atoms with E-state index in [4.69, 9.17) is 11.6 Å². The molecule has 0 saturated carbocycles. The summed E-state index contributed by atoms with van der Waals surface area (Å²) in [5.41, 5.74) is 1.35. The summed E-state index contributed by atoms with van der Waals surface area (Å²) in [5.74, 6) is 0.0157. The van der Waals surface area contributed by atoms with Crippen LogP contribution in [0.1, 0.15) is 18.4 Å². The predicted molar refractivity (Wildman–Crippen MR) is 80.1 cm³/mol. The van der Waals surface area contributed by atoms with Crippen LogP contribution in [0.3, 0.4) is 0 Å². The third-order valence-corrected chi connectivity index (χ3v) is 5.41. The first-order chi connectivity index (χ1) is 9.42. The Bertz CT molecular complexity index is 577. The minimum atomic E-state index is -3.60. The van der Waals surface area contributed by atoms with Gasteiger partial charge < -0.3 is 5.11 Å². The molecule has 0 radical (unpaired) electrons. The zero-order valence-electron chi connectivity index (χ0n) is 11.3. The molecule has 0 aliphatic carbocycles. The smallest absolute Gasteiger partial charge is 0.301 e. The second-order valence-corrected chi connectivity index (χ2v) is 7.20. The quantitative estimate of drug-likeness (QED) is 0.892. The molecule has 5 nitrogen and oxygen atoms in total. The van der Waals surface area contributed by atoms with E-state index in [1.807, 2.05) is 6.92 Å². The molecule has 1 heterocycles. The van der Waals surface area contributed by atoms with Crippen molar-refractivity contribution in [1.82, 2.24) is 4.31 Å². The van der Waals surface area contributed by atoms with Gasteiger partial charge in [-0.3, -0.25) is 4.72 Å². The molecule has 7 heteroatoms. The number of piperidine rings is 1. The van der Waals surface area contributed by atoms with Crippen LogP contribution >= 0.6 is 11.6 Å². The summed E-state index contributed by atoms with van der Waals surface area (Å²) in [7, 11) is -3.60. The molecular weight excluding hydrogens is 300 g/mol. The van der Waals surface area contributed by atoms with Crippen molar-refractivity contribution in [1.29, 1.82) is 0 Å². The van der Waals surface area contributed by atoms with E-state index in [0.29, 0.717) is 23.8 Å². The van der Waals surface area contributed by atoms with Crippen LogP contribution in [0, 0.1) is 12.8 Å². The lowest BCUT2D eigenvalue weighted by molar-refractivity contribution is 0.166. The predicted octanol–water partition coefficient (Wildman–Crippen LogP) is 2.01. The lowest BCUT2D eigenvalue weighted by atomic mass is 10.0. The number of benzene rings is 1. The SMILES string of the molecule is Cc1ccc(NS(=O)(=O)N2CCCC(CO)C2)cc1Cl. The van der Waals surface area contributed by atoms with Gasteiger partial charge in [0.1, 0.15) is 0 Å². The molecule has 0 aromatic heterocycles. The summed E-state index contributed by atoms with van der Waals surface area (Å²) in [6.45, 7) is 2.70. The summed E-state index contributed by atoms with van der Waals surface area (Å²) in [4.78, 5) is 0. The Morgan fingerprint density at radius 3 is 2.90 bits per heavy atom. The number of nitrogens with zero attached hydrogens (tertiary/aromatic N) is 1. The summed E-state index contributed by atoms with van der Waals surface area (Å²) in [6, 6.07) is 5.06. The number of hydrogen-bond acceptors (Lipinski definition) is 3. The van der Waals surface area contributed by atoms with Gasteiger partial charge in [-0.15, -0.1) is 0 Å². The lowest BCUT2D eigenvalue weighted by Gasteiger charge is -2.31. The Kier molecular flexibility index (Phi) is 4.90. The van der Waals surface area contributed by atoms with E-state index in [1.165, 1.54) is 4.31 Å². The normalized spacial score (nSPS) is 20.9. The van der Waals surface area contributed by atoms with Crippen molar-refractivity contribution in [3.05, 3.63) is 28.8 Å². The van der Waals surface area contributed by atoms with Crippen molar-refractivity contribution in [3.8, 4) is 0 Å². The Hall–Kier alpha value is -0.820. The maximum Gasteiger partial charge on any atom is 0.301 e. The monoisotopic (exact) mass is 318 g/mol. The molecule has 1 saturated heterocycles. The number of aliphatic hydroxyl groups is 1. The molecule has 1 aliphatic heterocycles.